The van der Waals surface area contributed by atoms with E-state index in [0.29, 0.717) is 33.5 Å². The molecular weight excluding hydrogens is 563 g/mol. The molecule has 1 aliphatic heterocycles. The number of methoxy groups -OCH3 is 2. The van der Waals surface area contributed by atoms with Crippen LogP contribution in [0.1, 0.15) is 25.0 Å². The van der Waals surface area contributed by atoms with E-state index in [2.05, 4.69) is 14.7 Å². The zero-order valence-corrected chi connectivity index (χ0v) is 23.5. The Morgan fingerprint density at radius 2 is 1.78 bits per heavy atom. The van der Waals surface area contributed by atoms with E-state index in [9.17, 15) is 26.4 Å². The van der Waals surface area contributed by atoms with Gasteiger partial charge in [0, 0.05) is 33.8 Å². The number of benzene rings is 2. The molecule has 9 nitrogen and oxygen atoms in total. The zero-order chi connectivity index (χ0) is 29.9. The number of rotatable bonds is 6. The maximum absolute atomic E-state index is 14.2. The summed E-state index contributed by atoms with van der Waals surface area (Å²) in [4.78, 5) is 20.3. The Labute approximate surface area is 233 Å². The monoisotopic (exact) mass is 589 g/mol. The van der Waals surface area contributed by atoms with Crippen LogP contribution in [0.25, 0.3) is 33.2 Å². The third-order valence-corrected chi connectivity index (χ3v) is 7.43. The Morgan fingerprint density at radius 1 is 1.07 bits per heavy atom. The van der Waals surface area contributed by atoms with Crippen molar-refractivity contribution < 1.29 is 35.8 Å². The molecule has 4 aromatic rings. The molecule has 0 radical (unpaired) electrons. The van der Waals surface area contributed by atoms with E-state index in [0.717, 1.165) is 12.3 Å². The van der Waals surface area contributed by atoms with Gasteiger partial charge in [-0.2, -0.15) is 13.2 Å². The van der Waals surface area contributed by atoms with E-state index in [4.69, 9.17) is 14.2 Å². The average Bonchev–Trinajstić information content (AvgIpc) is 3.20. The molecule has 0 spiro atoms. The molecule has 2 aromatic carbocycles. The Balaban J connectivity index is 1.83. The lowest BCUT2D eigenvalue weighted by Gasteiger charge is -2.22. The van der Waals surface area contributed by atoms with Crippen LogP contribution in [0.4, 0.5) is 18.9 Å². The second kappa shape index (κ2) is 9.68. The number of H-pyrrole nitrogens is 1. The van der Waals surface area contributed by atoms with Crippen molar-refractivity contribution >= 4 is 26.6 Å². The van der Waals surface area contributed by atoms with Gasteiger partial charge in [-0.25, -0.2) is 8.42 Å². The van der Waals surface area contributed by atoms with Crippen molar-refractivity contribution in [2.75, 3.05) is 31.8 Å². The fraction of sp³-hybridized carbons (Fsp3) is 0.286. The Hall–Kier alpha value is -4.26. The summed E-state index contributed by atoms with van der Waals surface area (Å²) >= 11 is 0. The first-order valence-corrected chi connectivity index (χ1v) is 14.2. The summed E-state index contributed by atoms with van der Waals surface area (Å²) < 4.78 is 84.9. The predicted molar refractivity (Wildman–Crippen MR) is 148 cm³/mol. The molecule has 0 saturated carbocycles. The van der Waals surface area contributed by atoms with Gasteiger partial charge in [0.05, 0.1) is 49.3 Å². The number of nitrogens with zero attached hydrogens (tertiary/aromatic N) is 1. The normalized spacial score (nSPS) is 14.4. The fourth-order valence-corrected chi connectivity index (χ4v) is 5.64. The number of hydrogen-bond donors (Lipinski definition) is 2. The van der Waals surface area contributed by atoms with Crippen LogP contribution >= 0.6 is 0 Å². The highest BCUT2D eigenvalue weighted by molar-refractivity contribution is 7.92. The average molecular weight is 590 g/mol. The van der Waals surface area contributed by atoms with Crippen LogP contribution in [0.3, 0.4) is 0 Å². The van der Waals surface area contributed by atoms with E-state index in [1.807, 2.05) is 13.8 Å². The number of aromatic amines is 1. The number of alkyl halides is 3. The number of pyridine rings is 2. The van der Waals surface area contributed by atoms with Gasteiger partial charge in [-0.05, 0) is 35.9 Å². The summed E-state index contributed by atoms with van der Waals surface area (Å²) in [6.45, 7) is 4.14. The lowest BCUT2D eigenvalue weighted by molar-refractivity contribution is -0.137. The molecule has 1 aliphatic rings. The highest BCUT2D eigenvalue weighted by Crippen LogP contribution is 2.53. The first-order chi connectivity index (χ1) is 19.1. The minimum absolute atomic E-state index is 0.111. The molecule has 2 aromatic heterocycles. The van der Waals surface area contributed by atoms with Crippen LogP contribution < -0.4 is 24.5 Å². The third kappa shape index (κ3) is 5.05. The van der Waals surface area contributed by atoms with Gasteiger partial charge in [0.2, 0.25) is 10.0 Å². The molecule has 0 amide bonds. The van der Waals surface area contributed by atoms with Crippen molar-refractivity contribution in [1.82, 2.24) is 9.97 Å². The Morgan fingerprint density at radius 3 is 2.39 bits per heavy atom. The number of halogens is 3. The predicted octanol–water partition coefficient (Wildman–Crippen LogP) is 5.33. The van der Waals surface area contributed by atoms with Crippen LogP contribution in [0.2, 0.25) is 0 Å². The second-order valence-corrected chi connectivity index (χ2v) is 12.1. The molecule has 0 bridgehead atoms. The van der Waals surface area contributed by atoms with Gasteiger partial charge in [0.25, 0.3) is 5.56 Å². The fourth-order valence-electron chi connectivity index (χ4n) is 5.08. The van der Waals surface area contributed by atoms with Gasteiger partial charge in [0.15, 0.2) is 5.88 Å². The zero-order valence-electron chi connectivity index (χ0n) is 22.7. The van der Waals surface area contributed by atoms with Crippen molar-refractivity contribution in [2.45, 2.75) is 25.4 Å². The number of anilines is 1. The van der Waals surface area contributed by atoms with Crippen LogP contribution in [-0.2, 0) is 21.6 Å². The van der Waals surface area contributed by atoms with E-state index in [-0.39, 0.29) is 34.9 Å². The van der Waals surface area contributed by atoms with Crippen LogP contribution in [-0.4, -0.2) is 45.5 Å². The van der Waals surface area contributed by atoms with Crippen LogP contribution in [0.5, 0.6) is 17.4 Å². The molecule has 41 heavy (non-hydrogen) atoms. The number of sulfonamides is 1. The number of ether oxygens (including phenoxy) is 3. The molecule has 0 atom stereocenters. The van der Waals surface area contributed by atoms with Gasteiger partial charge < -0.3 is 14.2 Å². The Kier molecular flexibility index (Phi) is 6.68. The molecule has 0 aliphatic carbocycles. The van der Waals surface area contributed by atoms with Gasteiger partial charge in [-0.15, -0.1) is 0 Å². The highest BCUT2D eigenvalue weighted by Gasteiger charge is 2.40. The third-order valence-electron chi connectivity index (χ3n) is 6.82. The highest BCUT2D eigenvalue weighted by atomic mass is 32.2. The van der Waals surface area contributed by atoms with E-state index in [1.165, 1.54) is 38.6 Å². The summed E-state index contributed by atoms with van der Waals surface area (Å²) in [7, 11) is -0.942. The van der Waals surface area contributed by atoms with Crippen molar-refractivity contribution in [3.8, 4) is 39.6 Å². The number of fused-ring (bicyclic) bond motifs is 2. The van der Waals surface area contributed by atoms with Crippen molar-refractivity contribution in [3.63, 3.8) is 0 Å². The minimum Gasteiger partial charge on any atom is -0.496 e. The molecule has 3 heterocycles. The molecule has 0 unspecified atom stereocenters. The van der Waals surface area contributed by atoms with Gasteiger partial charge in [0.1, 0.15) is 11.5 Å². The summed E-state index contributed by atoms with van der Waals surface area (Å²) in [5.74, 6) is 1.02. The van der Waals surface area contributed by atoms with E-state index < -0.39 is 32.7 Å². The summed E-state index contributed by atoms with van der Waals surface area (Å²) in [6, 6.07) is 7.83. The lowest BCUT2D eigenvalue weighted by Crippen LogP contribution is -2.19. The van der Waals surface area contributed by atoms with Crippen LogP contribution in [0.15, 0.2) is 47.4 Å². The first kappa shape index (κ1) is 28.3. The standard InChI is InChI=1S/C28H26F3N3O6S/c1-27(2)13-40-25-21(17-8-9-20(38-3)33-26(17)35)23-18(24(39-4)22(25)27)10-14(12-32-23)16-7-6-15(34-41(5,36)37)11-19(16)28(29,30)31/h6-12,34H,13H2,1-5H3,(H,33,35). The molecule has 2 N–H and O–H groups in total. The summed E-state index contributed by atoms with van der Waals surface area (Å²) in [6.07, 6.45) is -2.69. The topological polar surface area (TPSA) is 120 Å². The number of nitrogens with one attached hydrogen (secondary N) is 2. The van der Waals surface area contributed by atoms with Crippen molar-refractivity contribution in [3.05, 3.63) is 64.1 Å². The molecule has 13 heteroatoms. The van der Waals surface area contributed by atoms with Crippen molar-refractivity contribution in [2.24, 2.45) is 0 Å². The maximum Gasteiger partial charge on any atom is 0.417 e. The van der Waals surface area contributed by atoms with Gasteiger partial charge in [-0.1, -0.05) is 19.9 Å². The Bertz CT molecular complexity index is 1870. The van der Waals surface area contributed by atoms with Crippen molar-refractivity contribution in [1.29, 1.82) is 0 Å². The SMILES string of the molecule is COc1ccc(-c2c3c(c(OC)c4cc(-c5ccc(NS(C)(=O)=O)cc5C(F)(F)F)cnc24)C(C)(C)CO3)c(=O)[nH]1. The smallest absolute Gasteiger partial charge is 0.417 e. The van der Waals surface area contributed by atoms with Gasteiger partial charge in [-0.3, -0.25) is 19.5 Å². The molecule has 0 fully saturated rings. The minimum atomic E-state index is -4.81. The van der Waals surface area contributed by atoms with E-state index >= 15 is 0 Å². The lowest BCUT2D eigenvalue weighted by atomic mass is 9.83. The first-order valence-electron chi connectivity index (χ1n) is 12.3. The van der Waals surface area contributed by atoms with Crippen LogP contribution in [0, 0.1) is 0 Å². The molecule has 216 valence electrons. The maximum atomic E-state index is 14.2. The molecular formula is C28H26F3N3O6S. The van der Waals surface area contributed by atoms with E-state index in [1.54, 1.807) is 12.1 Å². The summed E-state index contributed by atoms with van der Waals surface area (Å²) in [5, 5.41) is 0.374. The largest absolute Gasteiger partial charge is 0.496 e. The molecule has 5 rings (SSSR count). The number of hydrogen-bond acceptors (Lipinski definition) is 7. The summed E-state index contributed by atoms with van der Waals surface area (Å²) in [5.41, 5.74) is -0.855. The molecule has 0 saturated heterocycles. The number of aromatic nitrogens is 2. The second-order valence-electron chi connectivity index (χ2n) is 10.3. The van der Waals surface area contributed by atoms with Gasteiger partial charge >= 0.3 is 6.18 Å². The quantitative estimate of drug-likeness (QED) is 0.312.